The Balaban J connectivity index is 2.06. The molecule has 0 fully saturated rings. The monoisotopic (exact) mass is 344 g/mol. The number of rotatable bonds is 5. The second kappa shape index (κ2) is 6.31. The number of hydrogen-bond donors (Lipinski definition) is 1. The van der Waals surface area contributed by atoms with Crippen LogP contribution in [-0.2, 0) is 4.79 Å². The third-order valence-corrected chi connectivity index (χ3v) is 4.84. The number of aromatic nitrogens is 2. The first-order valence-corrected chi connectivity index (χ1v) is 7.69. The van der Waals surface area contributed by atoms with Crippen molar-refractivity contribution in [2.75, 3.05) is 5.75 Å². The quantitative estimate of drug-likeness (QED) is 0.840. The average Bonchev–Trinajstić information content (AvgIpc) is 2.78. The molecule has 0 bridgehead atoms. The number of carbonyl (C=O) groups is 1. The van der Waals surface area contributed by atoms with Crippen molar-refractivity contribution in [2.45, 2.75) is 10.8 Å². The van der Waals surface area contributed by atoms with E-state index in [4.69, 9.17) is 5.11 Å². The van der Waals surface area contributed by atoms with Crippen molar-refractivity contribution < 1.29 is 9.90 Å². The Morgan fingerprint density at radius 1 is 1.39 bits per heavy atom. The molecule has 0 amide bonds. The van der Waals surface area contributed by atoms with Gasteiger partial charge in [0.2, 0.25) is 0 Å². The van der Waals surface area contributed by atoms with Crippen molar-refractivity contribution in [1.82, 2.24) is 10.2 Å². The largest absolute Gasteiger partial charge is 0.481 e. The van der Waals surface area contributed by atoms with Gasteiger partial charge in [-0.05, 0) is 6.07 Å². The van der Waals surface area contributed by atoms with E-state index >= 15 is 0 Å². The van der Waals surface area contributed by atoms with Gasteiger partial charge in [-0.2, -0.15) is 0 Å². The molecule has 0 aliphatic heterocycles. The Hall–Kier alpha value is -0.920. The van der Waals surface area contributed by atoms with E-state index in [1.54, 1.807) is 0 Å². The Labute approximate surface area is 121 Å². The second-order valence-electron chi connectivity index (χ2n) is 3.35. The van der Waals surface area contributed by atoms with Crippen LogP contribution in [0, 0.1) is 0 Å². The Kier molecular flexibility index (Phi) is 4.73. The van der Waals surface area contributed by atoms with Crippen LogP contribution in [0.15, 0.2) is 33.1 Å². The molecular formula is C11H9BrN2O2S2. The number of carboxylic acids is 1. The molecule has 4 nitrogen and oxygen atoms in total. The van der Waals surface area contributed by atoms with Gasteiger partial charge in [-0.1, -0.05) is 57.2 Å². The fourth-order valence-electron chi connectivity index (χ4n) is 1.24. The van der Waals surface area contributed by atoms with Gasteiger partial charge in [0.15, 0.2) is 4.34 Å². The van der Waals surface area contributed by atoms with Crippen molar-refractivity contribution in [2.24, 2.45) is 0 Å². The first-order chi connectivity index (χ1) is 8.66. The summed E-state index contributed by atoms with van der Waals surface area (Å²) in [6, 6.07) is 7.81. The predicted molar refractivity (Wildman–Crippen MR) is 76.0 cm³/mol. The van der Waals surface area contributed by atoms with Gasteiger partial charge in [-0.25, -0.2) is 0 Å². The molecule has 0 saturated heterocycles. The van der Waals surface area contributed by atoms with Crippen LogP contribution in [0.25, 0.3) is 10.6 Å². The van der Waals surface area contributed by atoms with E-state index in [-0.39, 0.29) is 6.42 Å². The summed E-state index contributed by atoms with van der Waals surface area (Å²) < 4.78 is 1.77. The van der Waals surface area contributed by atoms with Gasteiger partial charge in [0.05, 0.1) is 6.42 Å². The molecule has 0 spiro atoms. The normalized spacial score (nSPS) is 10.5. The third kappa shape index (κ3) is 3.54. The minimum Gasteiger partial charge on any atom is -0.481 e. The SMILES string of the molecule is O=C(O)CCSc1nnc(-c2ccccc2Br)s1. The van der Waals surface area contributed by atoms with Crippen molar-refractivity contribution in [3.8, 4) is 10.6 Å². The number of nitrogens with zero attached hydrogens (tertiary/aromatic N) is 2. The van der Waals surface area contributed by atoms with Crippen LogP contribution in [0.2, 0.25) is 0 Å². The Morgan fingerprint density at radius 2 is 2.17 bits per heavy atom. The van der Waals surface area contributed by atoms with Crippen LogP contribution in [-0.4, -0.2) is 27.0 Å². The summed E-state index contributed by atoms with van der Waals surface area (Å²) >= 11 is 6.36. The van der Waals surface area contributed by atoms with Gasteiger partial charge in [0.1, 0.15) is 5.01 Å². The lowest BCUT2D eigenvalue weighted by atomic mass is 10.2. The molecule has 1 aromatic heterocycles. The number of thioether (sulfide) groups is 1. The van der Waals surface area contributed by atoms with Crippen LogP contribution < -0.4 is 0 Å². The van der Waals surface area contributed by atoms with E-state index in [1.807, 2.05) is 24.3 Å². The van der Waals surface area contributed by atoms with E-state index in [2.05, 4.69) is 26.1 Å². The van der Waals surface area contributed by atoms with Crippen LogP contribution in [0.3, 0.4) is 0 Å². The standard InChI is InChI=1S/C11H9BrN2O2S2/c12-8-4-2-1-3-7(8)10-13-14-11(18-10)17-6-5-9(15)16/h1-4H,5-6H2,(H,15,16). The lowest BCUT2D eigenvalue weighted by Gasteiger charge is -1.97. The zero-order valence-corrected chi connectivity index (χ0v) is 12.4. The zero-order valence-electron chi connectivity index (χ0n) is 9.17. The molecule has 2 aromatic rings. The Morgan fingerprint density at radius 3 is 2.89 bits per heavy atom. The molecule has 7 heteroatoms. The number of hydrogen-bond acceptors (Lipinski definition) is 5. The smallest absolute Gasteiger partial charge is 0.304 e. The van der Waals surface area contributed by atoms with E-state index in [1.165, 1.54) is 23.1 Å². The fraction of sp³-hybridized carbons (Fsp3) is 0.182. The van der Waals surface area contributed by atoms with Crippen LogP contribution in [0.1, 0.15) is 6.42 Å². The van der Waals surface area contributed by atoms with Crippen molar-refractivity contribution in [3.05, 3.63) is 28.7 Å². The second-order valence-corrected chi connectivity index (χ2v) is 6.52. The van der Waals surface area contributed by atoms with E-state index < -0.39 is 5.97 Å². The first-order valence-electron chi connectivity index (χ1n) is 5.10. The highest BCUT2D eigenvalue weighted by Crippen LogP contribution is 2.33. The molecule has 0 saturated carbocycles. The van der Waals surface area contributed by atoms with E-state index in [0.29, 0.717) is 5.75 Å². The van der Waals surface area contributed by atoms with E-state index in [0.717, 1.165) is 19.4 Å². The minimum atomic E-state index is -0.793. The van der Waals surface area contributed by atoms with Crippen LogP contribution in [0.4, 0.5) is 0 Å². The van der Waals surface area contributed by atoms with Crippen molar-refractivity contribution >= 4 is 45.0 Å². The lowest BCUT2D eigenvalue weighted by molar-refractivity contribution is -0.136. The molecule has 1 N–H and O–H groups in total. The maximum absolute atomic E-state index is 10.4. The molecule has 0 aliphatic carbocycles. The molecule has 2 rings (SSSR count). The Bertz CT molecular complexity index is 559. The number of halogens is 1. The number of benzene rings is 1. The summed E-state index contributed by atoms with van der Waals surface area (Å²) in [5, 5.41) is 17.6. The average molecular weight is 345 g/mol. The maximum Gasteiger partial charge on any atom is 0.304 e. The highest BCUT2D eigenvalue weighted by atomic mass is 79.9. The van der Waals surface area contributed by atoms with E-state index in [9.17, 15) is 4.79 Å². The topological polar surface area (TPSA) is 63.1 Å². The molecule has 0 radical (unpaired) electrons. The number of aliphatic carboxylic acids is 1. The minimum absolute atomic E-state index is 0.134. The lowest BCUT2D eigenvalue weighted by Crippen LogP contribution is -1.95. The third-order valence-electron chi connectivity index (χ3n) is 2.05. The molecule has 1 heterocycles. The molecular weight excluding hydrogens is 336 g/mol. The summed E-state index contributed by atoms with van der Waals surface area (Å²) in [5.74, 6) is -0.280. The molecule has 0 unspecified atom stereocenters. The zero-order chi connectivity index (χ0) is 13.0. The molecule has 94 valence electrons. The highest BCUT2D eigenvalue weighted by molar-refractivity contribution is 9.10. The first kappa shape index (κ1) is 13.5. The van der Waals surface area contributed by atoms with Gasteiger partial charge in [0, 0.05) is 15.8 Å². The van der Waals surface area contributed by atoms with Crippen molar-refractivity contribution in [3.63, 3.8) is 0 Å². The maximum atomic E-state index is 10.4. The number of carboxylic acid groups (broad SMARTS) is 1. The summed E-state index contributed by atoms with van der Waals surface area (Å²) in [6.45, 7) is 0. The van der Waals surface area contributed by atoms with Gasteiger partial charge in [-0.3, -0.25) is 4.79 Å². The van der Waals surface area contributed by atoms with Gasteiger partial charge in [0.25, 0.3) is 0 Å². The molecule has 0 atom stereocenters. The summed E-state index contributed by atoms with van der Waals surface area (Å²) in [4.78, 5) is 10.4. The van der Waals surface area contributed by atoms with Gasteiger partial charge >= 0.3 is 5.97 Å². The van der Waals surface area contributed by atoms with Crippen LogP contribution >= 0.6 is 39.0 Å². The summed E-state index contributed by atoms with van der Waals surface area (Å²) in [6.07, 6.45) is 0.134. The van der Waals surface area contributed by atoms with Gasteiger partial charge < -0.3 is 5.11 Å². The molecule has 18 heavy (non-hydrogen) atoms. The molecule has 0 aliphatic rings. The molecule has 1 aromatic carbocycles. The highest BCUT2D eigenvalue weighted by Gasteiger charge is 2.10. The van der Waals surface area contributed by atoms with Gasteiger partial charge in [-0.15, -0.1) is 10.2 Å². The van der Waals surface area contributed by atoms with Crippen LogP contribution in [0.5, 0.6) is 0 Å². The summed E-state index contributed by atoms with van der Waals surface area (Å²) in [5.41, 5.74) is 1.00. The van der Waals surface area contributed by atoms with Crippen molar-refractivity contribution in [1.29, 1.82) is 0 Å². The fourth-order valence-corrected chi connectivity index (χ4v) is 3.73. The summed E-state index contributed by atoms with van der Waals surface area (Å²) in [7, 11) is 0. The predicted octanol–water partition coefficient (Wildman–Crippen LogP) is 3.53.